The molecule has 0 saturated heterocycles. The lowest BCUT2D eigenvalue weighted by molar-refractivity contribution is 0.275. The van der Waals surface area contributed by atoms with E-state index in [0.717, 1.165) is 22.4 Å². The molecule has 2 aromatic rings. The summed E-state index contributed by atoms with van der Waals surface area (Å²) in [7, 11) is 3.28. The lowest BCUT2D eigenvalue weighted by atomic mass is 10.1. The third-order valence-electron chi connectivity index (χ3n) is 3.31. The average Bonchev–Trinajstić information content (AvgIpc) is 2.52. The van der Waals surface area contributed by atoms with Crippen LogP contribution < -0.4 is 19.9 Å². The van der Waals surface area contributed by atoms with E-state index >= 15 is 0 Å². The summed E-state index contributed by atoms with van der Waals surface area (Å²) < 4.78 is 16.7. The van der Waals surface area contributed by atoms with E-state index in [2.05, 4.69) is 6.07 Å². The fourth-order valence-electron chi connectivity index (χ4n) is 2.22. The molecular weight excluding hydrogens is 266 g/mol. The first-order valence-electron chi connectivity index (χ1n) is 6.81. The first-order valence-corrected chi connectivity index (χ1v) is 6.81. The molecule has 0 saturated carbocycles. The topological polar surface area (TPSA) is 53.7 Å². The van der Waals surface area contributed by atoms with Crippen LogP contribution in [0.15, 0.2) is 36.4 Å². The Labute approximate surface area is 125 Å². The number of nitrogens with two attached hydrogens (primary N) is 1. The lowest BCUT2D eigenvalue weighted by Crippen LogP contribution is -2.05. The molecule has 0 spiro atoms. The second kappa shape index (κ2) is 6.99. The summed E-state index contributed by atoms with van der Waals surface area (Å²) in [4.78, 5) is 0. The van der Waals surface area contributed by atoms with Crippen LogP contribution in [0.2, 0.25) is 0 Å². The third kappa shape index (κ3) is 3.47. The van der Waals surface area contributed by atoms with Gasteiger partial charge in [-0.2, -0.15) is 0 Å². The van der Waals surface area contributed by atoms with Crippen LogP contribution in [-0.4, -0.2) is 14.2 Å². The Bertz CT molecular complexity index is 589. The summed E-state index contributed by atoms with van der Waals surface area (Å²) in [6.45, 7) is 2.84. The SMILES string of the molecule is COc1ccc(C)cc1COc1c(CN)cccc1OC. The molecule has 0 amide bonds. The van der Waals surface area contributed by atoms with Crippen molar-refractivity contribution in [1.82, 2.24) is 0 Å². The minimum Gasteiger partial charge on any atom is -0.496 e. The number of ether oxygens (including phenoxy) is 3. The van der Waals surface area contributed by atoms with Gasteiger partial charge in [-0.05, 0) is 25.1 Å². The largest absolute Gasteiger partial charge is 0.496 e. The second-order valence-electron chi connectivity index (χ2n) is 4.76. The van der Waals surface area contributed by atoms with Gasteiger partial charge in [0.2, 0.25) is 0 Å². The molecule has 0 radical (unpaired) electrons. The summed E-state index contributed by atoms with van der Waals surface area (Å²) >= 11 is 0. The van der Waals surface area contributed by atoms with Crippen LogP contribution in [0.1, 0.15) is 16.7 Å². The maximum Gasteiger partial charge on any atom is 0.166 e. The Morgan fingerprint density at radius 1 is 0.952 bits per heavy atom. The number of rotatable bonds is 6. The third-order valence-corrected chi connectivity index (χ3v) is 3.31. The molecule has 2 aromatic carbocycles. The molecule has 0 aliphatic carbocycles. The van der Waals surface area contributed by atoms with Crippen molar-refractivity contribution in [3.63, 3.8) is 0 Å². The predicted molar refractivity (Wildman–Crippen MR) is 82.9 cm³/mol. The van der Waals surface area contributed by atoms with Crippen LogP contribution in [-0.2, 0) is 13.2 Å². The van der Waals surface area contributed by atoms with Gasteiger partial charge in [0.1, 0.15) is 12.4 Å². The van der Waals surface area contributed by atoms with E-state index in [1.165, 1.54) is 0 Å². The van der Waals surface area contributed by atoms with Gasteiger partial charge >= 0.3 is 0 Å². The number of benzene rings is 2. The van der Waals surface area contributed by atoms with Gasteiger partial charge in [0.15, 0.2) is 11.5 Å². The van der Waals surface area contributed by atoms with Crippen LogP contribution in [0.3, 0.4) is 0 Å². The fourth-order valence-corrected chi connectivity index (χ4v) is 2.22. The minimum absolute atomic E-state index is 0.400. The minimum atomic E-state index is 0.400. The number of aryl methyl sites for hydroxylation is 1. The summed E-state index contributed by atoms with van der Waals surface area (Å²) in [6.07, 6.45) is 0. The highest BCUT2D eigenvalue weighted by Gasteiger charge is 2.11. The van der Waals surface area contributed by atoms with Crippen molar-refractivity contribution in [2.75, 3.05) is 14.2 Å². The first-order chi connectivity index (χ1) is 10.2. The van der Waals surface area contributed by atoms with E-state index in [1.54, 1.807) is 14.2 Å². The molecule has 0 aliphatic heterocycles. The summed E-state index contributed by atoms with van der Waals surface area (Å²) in [6, 6.07) is 11.7. The van der Waals surface area contributed by atoms with Gasteiger partial charge in [0.05, 0.1) is 14.2 Å². The van der Waals surface area contributed by atoms with Crippen molar-refractivity contribution in [1.29, 1.82) is 0 Å². The monoisotopic (exact) mass is 287 g/mol. The quantitative estimate of drug-likeness (QED) is 0.887. The van der Waals surface area contributed by atoms with Crippen molar-refractivity contribution in [3.8, 4) is 17.2 Å². The van der Waals surface area contributed by atoms with Crippen molar-refractivity contribution in [2.24, 2.45) is 5.73 Å². The van der Waals surface area contributed by atoms with E-state index in [1.807, 2.05) is 37.3 Å². The molecule has 2 rings (SSSR count). The van der Waals surface area contributed by atoms with E-state index in [-0.39, 0.29) is 0 Å². The Balaban J connectivity index is 2.26. The van der Waals surface area contributed by atoms with Crippen LogP contribution in [0.4, 0.5) is 0 Å². The Hall–Kier alpha value is -2.20. The predicted octanol–water partition coefficient (Wildman–Crippen LogP) is 3.05. The Morgan fingerprint density at radius 3 is 2.38 bits per heavy atom. The molecule has 0 unspecified atom stereocenters. The molecule has 0 heterocycles. The number of methoxy groups -OCH3 is 2. The average molecular weight is 287 g/mol. The highest BCUT2D eigenvalue weighted by atomic mass is 16.5. The van der Waals surface area contributed by atoms with Crippen LogP contribution >= 0.6 is 0 Å². The van der Waals surface area contributed by atoms with E-state index in [9.17, 15) is 0 Å². The number of para-hydroxylation sites is 1. The van der Waals surface area contributed by atoms with Gasteiger partial charge in [0.25, 0.3) is 0 Å². The molecule has 0 aromatic heterocycles. The van der Waals surface area contributed by atoms with Gasteiger partial charge in [-0.25, -0.2) is 0 Å². The van der Waals surface area contributed by atoms with Gasteiger partial charge in [-0.3, -0.25) is 0 Å². The maximum atomic E-state index is 5.95. The molecule has 21 heavy (non-hydrogen) atoms. The smallest absolute Gasteiger partial charge is 0.166 e. The first kappa shape index (κ1) is 15.2. The van der Waals surface area contributed by atoms with Crippen LogP contribution in [0.25, 0.3) is 0 Å². The fraction of sp³-hybridized carbons (Fsp3) is 0.294. The molecule has 4 heteroatoms. The highest BCUT2D eigenvalue weighted by Crippen LogP contribution is 2.32. The zero-order valence-corrected chi connectivity index (χ0v) is 12.7. The molecule has 0 fully saturated rings. The lowest BCUT2D eigenvalue weighted by Gasteiger charge is -2.16. The van der Waals surface area contributed by atoms with Crippen molar-refractivity contribution in [3.05, 3.63) is 53.1 Å². The van der Waals surface area contributed by atoms with Crippen LogP contribution in [0, 0.1) is 6.92 Å². The van der Waals surface area contributed by atoms with Gasteiger partial charge in [-0.1, -0.05) is 23.8 Å². The maximum absolute atomic E-state index is 5.95. The van der Waals surface area contributed by atoms with Crippen molar-refractivity contribution >= 4 is 0 Å². The van der Waals surface area contributed by atoms with Gasteiger partial charge in [0, 0.05) is 17.7 Å². The zero-order valence-electron chi connectivity index (χ0n) is 12.7. The number of hydrogen-bond acceptors (Lipinski definition) is 4. The van der Waals surface area contributed by atoms with E-state index in [0.29, 0.717) is 24.7 Å². The molecule has 2 N–H and O–H groups in total. The molecule has 112 valence electrons. The Kier molecular flexibility index (Phi) is 5.06. The normalized spacial score (nSPS) is 10.3. The molecule has 0 atom stereocenters. The van der Waals surface area contributed by atoms with Crippen molar-refractivity contribution in [2.45, 2.75) is 20.1 Å². The summed E-state index contributed by atoms with van der Waals surface area (Å²) in [5.41, 5.74) is 8.83. The zero-order chi connectivity index (χ0) is 15.2. The van der Waals surface area contributed by atoms with Gasteiger partial charge < -0.3 is 19.9 Å². The molecule has 0 aliphatic rings. The summed E-state index contributed by atoms with van der Waals surface area (Å²) in [5.74, 6) is 2.18. The van der Waals surface area contributed by atoms with Gasteiger partial charge in [-0.15, -0.1) is 0 Å². The van der Waals surface area contributed by atoms with E-state index < -0.39 is 0 Å². The Morgan fingerprint density at radius 2 is 1.71 bits per heavy atom. The molecular formula is C17H21NO3. The van der Waals surface area contributed by atoms with Crippen molar-refractivity contribution < 1.29 is 14.2 Å². The number of hydrogen-bond donors (Lipinski definition) is 1. The van der Waals surface area contributed by atoms with Crippen LogP contribution in [0.5, 0.6) is 17.2 Å². The highest BCUT2D eigenvalue weighted by molar-refractivity contribution is 5.47. The molecule has 0 bridgehead atoms. The standard InChI is InChI=1S/C17H21NO3/c1-12-7-8-15(19-2)14(9-12)11-21-17-13(10-18)5-4-6-16(17)20-3/h4-9H,10-11,18H2,1-3H3. The summed E-state index contributed by atoms with van der Waals surface area (Å²) in [5, 5.41) is 0. The second-order valence-corrected chi connectivity index (χ2v) is 4.76. The van der Waals surface area contributed by atoms with E-state index in [4.69, 9.17) is 19.9 Å². The molecule has 4 nitrogen and oxygen atoms in total.